The first-order valence-electron chi connectivity index (χ1n) is 11.9. The van der Waals surface area contributed by atoms with Gasteiger partial charge in [0.15, 0.2) is 11.5 Å². The minimum absolute atomic E-state index is 0.134. The summed E-state index contributed by atoms with van der Waals surface area (Å²) in [5.74, 6) is 1.39. The molecule has 2 aliphatic rings. The molecular weight excluding hydrogens is 434 g/mol. The van der Waals surface area contributed by atoms with Crippen LogP contribution in [0.5, 0.6) is 17.2 Å². The number of nitrogens with one attached hydrogen (secondary N) is 1. The van der Waals surface area contributed by atoms with Gasteiger partial charge in [-0.15, -0.1) is 0 Å². The Kier molecular flexibility index (Phi) is 7.26. The first kappa shape index (κ1) is 23.9. The summed E-state index contributed by atoms with van der Waals surface area (Å²) >= 11 is 0. The number of aliphatic imine (C=N–C) groups is 1. The molecular formula is C26H33N3O5. The molecule has 1 saturated heterocycles. The zero-order valence-corrected chi connectivity index (χ0v) is 20.0. The summed E-state index contributed by atoms with van der Waals surface area (Å²) in [5.41, 5.74) is 2.20. The van der Waals surface area contributed by atoms with Gasteiger partial charge >= 0.3 is 6.09 Å². The van der Waals surface area contributed by atoms with E-state index in [0.29, 0.717) is 51.3 Å². The minimum Gasteiger partial charge on any atom is -0.504 e. The lowest BCUT2D eigenvalue weighted by molar-refractivity contribution is 0.0778. The molecule has 4 rings (SSSR count). The van der Waals surface area contributed by atoms with Gasteiger partial charge in [-0.1, -0.05) is 12.1 Å². The predicted molar refractivity (Wildman–Crippen MR) is 130 cm³/mol. The van der Waals surface area contributed by atoms with Crippen molar-refractivity contribution in [2.75, 3.05) is 33.4 Å². The van der Waals surface area contributed by atoms with Crippen LogP contribution in [0.4, 0.5) is 4.79 Å². The van der Waals surface area contributed by atoms with Gasteiger partial charge in [0.2, 0.25) is 0 Å². The third kappa shape index (κ3) is 4.97. The van der Waals surface area contributed by atoms with Crippen LogP contribution in [-0.4, -0.2) is 60.9 Å². The van der Waals surface area contributed by atoms with E-state index in [9.17, 15) is 9.90 Å². The molecule has 2 aromatic carbocycles. The van der Waals surface area contributed by atoms with Crippen LogP contribution in [0.2, 0.25) is 0 Å². The standard InChI is InChI=1S/C26H33N3O5/c1-4-33-19-11-9-18(10-12-19)21-17-22(20-7-6-8-23(32-3)24(20)30)28-26(27-21)13-15-29(16-14-26)25(31)34-5-2/h6-12,22,28,30H,4-5,13-17H2,1-3H3/t22-/m1/s1. The van der Waals surface area contributed by atoms with Gasteiger partial charge in [-0.25, -0.2) is 4.79 Å². The molecule has 0 radical (unpaired) electrons. The van der Waals surface area contributed by atoms with Crippen LogP contribution < -0.4 is 14.8 Å². The van der Waals surface area contributed by atoms with Gasteiger partial charge in [-0.05, 0) is 49.7 Å². The van der Waals surface area contributed by atoms with E-state index in [4.69, 9.17) is 19.2 Å². The number of hydrogen-bond donors (Lipinski definition) is 2. The van der Waals surface area contributed by atoms with Gasteiger partial charge in [-0.2, -0.15) is 0 Å². The summed E-state index contributed by atoms with van der Waals surface area (Å²) in [6.45, 7) is 5.83. The largest absolute Gasteiger partial charge is 0.504 e. The summed E-state index contributed by atoms with van der Waals surface area (Å²) in [6, 6.07) is 13.3. The molecule has 1 fully saturated rings. The average Bonchev–Trinajstić information content (AvgIpc) is 2.85. The Morgan fingerprint density at radius 1 is 1.15 bits per heavy atom. The van der Waals surface area contributed by atoms with Crippen LogP contribution in [0.15, 0.2) is 47.5 Å². The lowest BCUT2D eigenvalue weighted by Crippen LogP contribution is -2.56. The van der Waals surface area contributed by atoms with Crippen LogP contribution in [-0.2, 0) is 4.74 Å². The van der Waals surface area contributed by atoms with Gasteiger partial charge in [0, 0.05) is 49.7 Å². The Bertz CT molecular complexity index is 1030. The first-order chi connectivity index (χ1) is 16.5. The number of carbonyl (C=O) groups excluding carboxylic acids is 1. The summed E-state index contributed by atoms with van der Waals surface area (Å²) in [7, 11) is 1.55. The second kappa shape index (κ2) is 10.3. The third-order valence-electron chi connectivity index (χ3n) is 6.43. The Hall–Kier alpha value is -3.26. The predicted octanol–water partition coefficient (Wildman–Crippen LogP) is 4.27. The lowest BCUT2D eigenvalue weighted by Gasteiger charge is -2.45. The van der Waals surface area contributed by atoms with E-state index in [2.05, 4.69) is 5.32 Å². The van der Waals surface area contributed by atoms with E-state index >= 15 is 0 Å². The first-order valence-corrected chi connectivity index (χ1v) is 11.9. The van der Waals surface area contributed by atoms with Crippen molar-refractivity contribution in [2.45, 2.75) is 44.8 Å². The molecule has 34 heavy (non-hydrogen) atoms. The summed E-state index contributed by atoms with van der Waals surface area (Å²) in [4.78, 5) is 19.1. The highest BCUT2D eigenvalue weighted by Crippen LogP contribution is 2.40. The highest BCUT2D eigenvalue weighted by Gasteiger charge is 2.41. The monoisotopic (exact) mass is 467 g/mol. The van der Waals surface area contributed by atoms with Crippen molar-refractivity contribution >= 4 is 11.8 Å². The Balaban J connectivity index is 1.66. The second-order valence-electron chi connectivity index (χ2n) is 8.53. The second-order valence-corrected chi connectivity index (χ2v) is 8.53. The lowest BCUT2D eigenvalue weighted by atomic mass is 9.87. The Morgan fingerprint density at radius 3 is 2.53 bits per heavy atom. The molecule has 2 heterocycles. The molecule has 1 amide bonds. The minimum atomic E-state index is -0.546. The van der Waals surface area contributed by atoms with Crippen molar-refractivity contribution in [2.24, 2.45) is 4.99 Å². The van der Waals surface area contributed by atoms with E-state index in [0.717, 1.165) is 22.6 Å². The van der Waals surface area contributed by atoms with Crippen molar-refractivity contribution < 1.29 is 24.1 Å². The molecule has 0 unspecified atom stereocenters. The fourth-order valence-corrected chi connectivity index (χ4v) is 4.70. The number of carbonyl (C=O) groups is 1. The summed E-state index contributed by atoms with van der Waals surface area (Å²) < 4.78 is 16.1. The normalized spacial score (nSPS) is 19.4. The molecule has 0 aliphatic carbocycles. The molecule has 2 N–H and O–H groups in total. The topological polar surface area (TPSA) is 92.6 Å². The highest BCUT2D eigenvalue weighted by atomic mass is 16.6. The van der Waals surface area contributed by atoms with E-state index in [1.165, 1.54) is 0 Å². The molecule has 2 aromatic rings. The van der Waals surface area contributed by atoms with Crippen LogP contribution in [0.25, 0.3) is 0 Å². The summed E-state index contributed by atoms with van der Waals surface area (Å²) in [6.07, 6.45) is 1.62. The molecule has 0 aromatic heterocycles. The number of rotatable bonds is 6. The highest BCUT2D eigenvalue weighted by molar-refractivity contribution is 6.02. The zero-order valence-electron chi connectivity index (χ0n) is 20.0. The van der Waals surface area contributed by atoms with E-state index < -0.39 is 5.66 Å². The quantitative estimate of drug-likeness (QED) is 0.659. The third-order valence-corrected chi connectivity index (χ3v) is 6.43. The number of amides is 1. The number of phenols is 1. The van der Waals surface area contributed by atoms with Crippen LogP contribution in [0.3, 0.4) is 0 Å². The number of nitrogens with zero attached hydrogens (tertiary/aromatic N) is 2. The fraction of sp³-hybridized carbons (Fsp3) is 0.462. The molecule has 0 bridgehead atoms. The van der Waals surface area contributed by atoms with Gasteiger partial charge in [-0.3, -0.25) is 10.3 Å². The fourth-order valence-electron chi connectivity index (χ4n) is 4.70. The van der Waals surface area contributed by atoms with E-state index in [1.807, 2.05) is 50.2 Å². The smallest absolute Gasteiger partial charge is 0.409 e. The zero-order chi connectivity index (χ0) is 24.1. The number of aromatic hydroxyl groups is 1. The average molecular weight is 468 g/mol. The number of benzene rings is 2. The molecule has 2 aliphatic heterocycles. The van der Waals surface area contributed by atoms with Gasteiger partial charge in [0.1, 0.15) is 11.4 Å². The van der Waals surface area contributed by atoms with Gasteiger partial charge in [0.05, 0.1) is 20.3 Å². The number of likely N-dealkylation sites (tertiary alicyclic amines) is 1. The Morgan fingerprint density at radius 2 is 1.88 bits per heavy atom. The van der Waals surface area contributed by atoms with Crippen molar-refractivity contribution in [1.29, 1.82) is 0 Å². The summed E-state index contributed by atoms with van der Waals surface area (Å²) in [5, 5.41) is 14.6. The maximum atomic E-state index is 12.2. The number of hydrogen-bond acceptors (Lipinski definition) is 7. The molecule has 1 atom stereocenters. The van der Waals surface area contributed by atoms with Crippen molar-refractivity contribution in [1.82, 2.24) is 10.2 Å². The van der Waals surface area contributed by atoms with Crippen molar-refractivity contribution in [3.05, 3.63) is 53.6 Å². The SMILES string of the molecule is CCOC(=O)N1CCC2(CC1)N=C(c1ccc(OCC)cc1)C[C@H](c1cccc(OC)c1O)N2. The number of piperidine rings is 1. The Labute approximate surface area is 200 Å². The van der Waals surface area contributed by atoms with Gasteiger partial charge < -0.3 is 24.2 Å². The molecule has 8 nitrogen and oxygen atoms in total. The van der Waals surface area contributed by atoms with E-state index in [-0.39, 0.29) is 17.9 Å². The number of para-hydroxylation sites is 1. The van der Waals surface area contributed by atoms with Crippen LogP contribution in [0.1, 0.15) is 50.3 Å². The van der Waals surface area contributed by atoms with E-state index in [1.54, 1.807) is 18.1 Å². The maximum Gasteiger partial charge on any atom is 0.409 e. The molecule has 182 valence electrons. The van der Waals surface area contributed by atoms with Gasteiger partial charge in [0.25, 0.3) is 0 Å². The maximum absolute atomic E-state index is 12.2. The molecule has 0 saturated carbocycles. The molecule has 1 spiro atoms. The number of phenolic OH excluding ortho intramolecular Hbond substituents is 1. The van der Waals surface area contributed by atoms with Crippen LogP contribution >= 0.6 is 0 Å². The molecule has 8 heteroatoms. The van der Waals surface area contributed by atoms with Crippen LogP contribution in [0, 0.1) is 0 Å². The number of ether oxygens (including phenoxy) is 3. The van der Waals surface area contributed by atoms with Crippen molar-refractivity contribution in [3.63, 3.8) is 0 Å². The van der Waals surface area contributed by atoms with Crippen molar-refractivity contribution in [3.8, 4) is 17.2 Å². The number of methoxy groups -OCH3 is 1.